The summed E-state index contributed by atoms with van der Waals surface area (Å²) in [5, 5.41) is 0. The second kappa shape index (κ2) is 9.14. The molecule has 4 aromatic rings. The summed E-state index contributed by atoms with van der Waals surface area (Å²) < 4.78 is 6.20. The normalized spacial score (nSPS) is 21.8. The number of benzene rings is 4. The van der Waals surface area contributed by atoms with Crippen LogP contribution in [0.1, 0.15) is 48.1 Å². The van der Waals surface area contributed by atoms with Crippen LogP contribution < -0.4 is 9.64 Å². The highest BCUT2D eigenvalue weighted by molar-refractivity contribution is 9.10. The van der Waals surface area contributed by atoms with E-state index in [9.17, 15) is 14.4 Å². The fourth-order valence-corrected chi connectivity index (χ4v) is 7.15. The van der Waals surface area contributed by atoms with Gasteiger partial charge in [0.15, 0.2) is 17.3 Å². The van der Waals surface area contributed by atoms with Crippen LogP contribution in [0.3, 0.4) is 0 Å². The molecule has 0 amide bonds. The second-order valence-corrected chi connectivity index (χ2v) is 11.3. The monoisotopic (exact) mass is 589 g/mol. The molecule has 1 aliphatic carbocycles. The average molecular weight is 590 g/mol. The average Bonchev–Trinajstić information content (AvgIpc) is 3.43. The fourth-order valence-electron chi connectivity index (χ4n) is 6.89. The van der Waals surface area contributed by atoms with Crippen LogP contribution in [0.4, 0.5) is 5.69 Å². The molecule has 40 heavy (non-hydrogen) atoms. The van der Waals surface area contributed by atoms with Gasteiger partial charge in [-0.15, -0.1) is 0 Å². The third-order valence-corrected chi connectivity index (χ3v) is 9.11. The Morgan fingerprint density at radius 3 is 2.10 bits per heavy atom. The Bertz CT molecular complexity index is 1690. The zero-order chi connectivity index (χ0) is 27.6. The van der Waals surface area contributed by atoms with Crippen LogP contribution in [0.15, 0.2) is 108 Å². The van der Waals surface area contributed by atoms with Crippen LogP contribution in [0.5, 0.6) is 5.75 Å². The van der Waals surface area contributed by atoms with Gasteiger partial charge < -0.3 is 9.64 Å². The molecule has 1 unspecified atom stereocenters. The fraction of sp³-hybridized carbons (Fsp3) is 0.147. The van der Waals surface area contributed by atoms with Crippen molar-refractivity contribution >= 4 is 45.0 Å². The molecule has 2 aliphatic heterocycles. The Hall–Kier alpha value is -4.29. The number of fused-ring (bicyclic) bond motifs is 5. The van der Waals surface area contributed by atoms with Crippen LogP contribution in [0, 0.1) is 5.41 Å². The van der Waals surface area contributed by atoms with E-state index in [0.717, 1.165) is 21.3 Å². The van der Waals surface area contributed by atoms with Crippen molar-refractivity contribution in [2.75, 3.05) is 12.0 Å². The maximum atomic E-state index is 14.6. The van der Waals surface area contributed by atoms with Crippen molar-refractivity contribution in [3.63, 3.8) is 0 Å². The zero-order valence-electron chi connectivity index (χ0n) is 21.6. The van der Waals surface area contributed by atoms with Gasteiger partial charge in [0.25, 0.3) is 0 Å². The number of nitrogens with zero attached hydrogens (tertiary/aromatic N) is 1. The summed E-state index contributed by atoms with van der Waals surface area (Å²) in [5.74, 6) is -0.706. The molecule has 196 valence electrons. The lowest BCUT2D eigenvalue weighted by atomic mass is 9.64. The lowest BCUT2D eigenvalue weighted by Crippen LogP contribution is -2.48. The third kappa shape index (κ3) is 3.29. The SMILES string of the molecule is COc1ccc(C(=O)[C@H]2[C@H](c3ccc(Br)cc3)C3(C(=O)c4ccccc4C3=O)C3C=Cc4ccccc4N32)cc1. The van der Waals surface area contributed by atoms with E-state index in [1.54, 1.807) is 55.6 Å². The molecule has 1 spiro atoms. The van der Waals surface area contributed by atoms with Gasteiger partial charge in [-0.2, -0.15) is 0 Å². The number of Topliss-reactive ketones (excluding diaryl/α,β-unsaturated/α-hetero) is 3. The standard InChI is InChI=1S/C34H24BrNO4/c1-40-24-17-12-22(13-18-24)31(37)30-29(21-10-15-23(35)16-11-21)34(32(38)25-7-3-4-8-26(25)33(34)39)28-19-14-20-6-2-5-9-27(20)36(28)30/h2-19,28-30H,1H3/t28?,29-,30+/m0/s1. The molecule has 3 atom stereocenters. The topological polar surface area (TPSA) is 63.7 Å². The summed E-state index contributed by atoms with van der Waals surface area (Å²) in [6.45, 7) is 0. The summed E-state index contributed by atoms with van der Waals surface area (Å²) in [6.07, 6.45) is 3.91. The number of hydrogen-bond donors (Lipinski definition) is 0. The van der Waals surface area contributed by atoms with Crippen molar-refractivity contribution in [1.29, 1.82) is 0 Å². The molecule has 1 saturated heterocycles. The molecule has 0 radical (unpaired) electrons. The quantitative estimate of drug-likeness (QED) is 0.194. The summed E-state index contributed by atoms with van der Waals surface area (Å²) >= 11 is 3.52. The molecule has 5 nitrogen and oxygen atoms in total. The second-order valence-electron chi connectivity index (χ2n) is 10.4. The maximum absolute atomic E-state index is 14.6. The highest BCUT2D eigenvalue weighted by Gasteiger charge is 2.71. The summed E-state index contributed by atoms with van der Waals surface area (Å²) in [7, 11) is 1.58. The first-order valence-corrected chi connectivity index (χ1v) is 13.9. The van der Waals surface area contributed by atoms with Gasteiger partial charge in [-0.25, -0.2) is 0 Å². The van der Waals surface area contributed by atoms with Crippen molar-refractivity contribution < 1.29 is 19.1 Å². The van der Waals surface area contributed by atoms with E-state index in [4.69, 9.17) is 4.74 Å². The first-order valence-electron chi connectivity index (χ1n) is 13.1. The molecule has 0 aromatic heterocycles. The lowest BCUT2D eigenvalue weighted by molar-refractivity contribution is 0.0666. The number of carbonyl (C=O) groups is 3. The van der Waals surface area contributed by atoms with Crippen molar-refractivity contribution in [3.8, 4) is 5.75 Å². The summed E-state index contributed by atoms with van der Waals surface area (Å²) in [5.41, 5.74) is 2.36. The summed E-state index contributed by atoms with van der Waals surface area (Å²) in [6, 6.07) is 28.1. The molecule has 7 rings (SSSR count). The van der Waals surface area contributed by atoms with E-state index in [2.05, 4.69) is 15.9 Å². The summed E-state index contributed by atoms with van der Waals surface area (Å²) in [4.78, 5) is 45.9. The van der Waals surface area contributed by atoms with E-state index in [1.165, 1.54) is 0 Å². The van der Waals surface area contributed by atoms with E-state index < -0.39 is 23.4 Å². The lowest BCUT2D eigenvalue weighted by Gasteiger charge is -2.37. The Kier molecular flexibility index (Phi) is 5.65. The van der Waals surface area contributed by atoms with Crippen LogP contribution in [0.2, 0.25) is 0 Å². The highest BCUT2D eigenvalue weighted by atomic mass is 79.9. The number of carbonyl (C=O) groups excluding carboxylic acids is 3. The Morgan fingerprint density at radius 1 is 0.825 bits per heavy atom. The number of halogens is 1. The van der Waals surface area contributed by atoms with Crippen molar-refractivity contribution in [1.82, 2.24) is 0 Å². The molecule has 4 aromatic carbocycles. The van der Waals surface area contributed by atoms with Crippen molar-refractivity contribution in [2.24, 2.45) is 5.41 Å². The molecule has 6 heteroatoms. The number of rotatable bonds is 4. The third-order valence-electron chi connectivity index (χ3n) is 8.59. The molecule has 2 heterocycles. The van der Waals surface area contributed by atoms with E-state index >= 15 is 0 Å². The molecule has 1 fully saturated rings. The van der Waals surface area contributed by atoms with Crippen LogP contribution in [-0.4, -0.2) is 36.5 Å². The number of para-hydroxylation sites is 1. The minimum Gasteiger partial charge on any atom is -0.497 e. The molecular weight excluding hydrogens is 566 g/mol. The number of ketones is 3. The number of ether oxygens (including phenoxy) is 1. The number of methoxy groups -OCH3 is 1. The predicted molar refractivity (Wildman–Crippen MR) is 157 cm³/mol. The molecule has 3 aliphatic rings. The van der Waals surface area contributed by atoms with Gasteiger partial charge in [-0.05, 0) is 53.6 Å². The maximum Gasteiger partial charge on any atom is 0.185 e. The molecule has 0 saturated carbocycles. The zero-order valence-corrected chi connectivity index (χ0v) is 23.2. The van der Waals surface area contributed by atoms with Crippen LogP contribution >= 0.6 is 15.9 Å². The Labute approximate surface area is 240 Å². The van der Waals surface area contributed by atoms with Gasteiger partial charge in [0.2, 0.25) is 0 Å². The van der Waals surface area contributed by atoms with Crippen molar-refractivity contribution in [3.05, 3.63) is 135 Å². The number of anilines is 1. The van der Waals surface area contributed by atoms with Gasteiger partial charge >= 0.3 is 0 Å². The molecule has 0 bridgehead atoms. The van der Waals surface area contributed by atoms with Crippen LogP contribution in [-0.2, 0) is 0 Å². The minimum absolute atomic E-state index is 0.154. The van der Waals surface area contributed by atoms with Gasteiger partial charge in [-0.1, -0.05) is 82.7 Å². The van der Waals surface area contributed by atoms with E-state index in [-0.39, 0.29) is 17.3 Å². The molecule has 0 N–H and O–H groups in total. The van der Waals surface area contributed by atoms with Crippen molar-refractivity contribution in [2.45, 2.75) is 18.0 Å². The van der Waals surface area contributed by atoms with E-state index in [1.807, 2.05) is 65.6 Å². The first-order chi connectivity index (χ1) is 19.5. The first kappa shape index (κ1) is 24.7. The van der Waals surface area contributed by atoms with E-state index in [0.29, 0.717) is 22.4 Å². The van der Waals surface area contributed by atoms with Gasteiger partial charge in [-0.3, -0.25) is 14.4 Å². The number of hydrogen-bond acceptors (Lipinski definition) is 5. The Morgan fingerprint density at radius 2 is 1.45 bits per heavy atom. The minimum atomic E-state index is -1.51. The Balaban J connectivity index is 1.52. The predicted octanol–water partition coefficient (Wildman–Crippen LogP) is 6.77. The molecular formula is C34H24BrNO4. The highest BCUT2D eigenvalue weighted by Crippen LogP contribution is 2.61. The smallest absolute Gasteiger partial charge is 0.185 e. The van der Waals surface area contributed by atoms with Gasteiger partial charge in [0.05, 0.1) is 13.2 Å². The van der Waals surface area contributed by atoms with Gasteiger partial charge in [0, 0.05) is 32.8 Å². The van der Waals surface area contributed by atoms with Gasteiger partial charge in [0.1, 0.15) is 17.2 Å². The van der Waals surface area contributed by atoms with Crippen LogP contribution in [0.25, 0.3) is 6.08 Å². The largest absolute Gasteiger partial charge is 0.497 e.